The number of fused-ring (bicyclic) bond motifs is 1. The quantitative estimate of drug-likeness (QED) is 0.809. The monoisotopic (exact) mass is 332 g/mol. The molecule has 1 aliphatic heterocycles. The Labute approximate surface area is 125 Å². The molecule has 102 valence electrons. The topological polar surface area (TPSA) is 61.4 Å². The number of anilines is 2. The number of hydrogen-bond donors (Lipinski definition) is 3. The van der Waals surface area contributed by atoms with Crippen molar-refractivity contribution in [2.75, 3.05) is 10.6 Å². The number of hydrogen-bond acceptors (Lipinski definition) is 3. The maximum Gasteiger partial charge on any atom is 0.251 e. The Morgan fingerprint density at radius 1 is 1.25 bits per heavy atom. The average Bonchev–Trinajstić information content (AvgIpc) is 2.77. The summed E-state index contributed by atoms with van der Waals surface area (Å²) in [7, 11) is 0. The first-order valence-corrected chi connectivity index (χ1v) is 7.04. The number of aliphatic hydroxyl groups excluding tert-OH is 1. The van der Waals surface area contributed by atoms with Crippen molar-refractivity contribution in [1.82, 2.24) is 0 Å². The van der Waals surface area contributed by atoms with E-state index < -0.39 is 6.04 Å². The van der Waals surface area contributed by atoms with Crippen LogP contribution in [-0.2, 0) is 11.4 Å². The summed E-state index contributed by atoms with van der Waals surface area (Å²) in [6, 6.07) is 12.6. The minimum Gasteiger partial charge on any atom is -0.392 e. The molecule has 0 aromatic heterocycles. The highest BCUT2D eigenvalue weighted by molar-refractivity contribution is 9.10. The lowest BCUT2D eigenvalue weighted by molar-refractivity contribution is -0.116. The molecule has 2 aromatic carbocycles. The zero-order valence-electron chi connectivity index (χ0n) is 10.6. The smallest absolute Gasteiger partial charge is 0.251 e. The third kappa shape index (κ3) is 2.30. The van der Waals surface area contributed by atoms with Gasteiger partial charge in [0.15, 0.2) is 0 Å². The molecule has 0 bridgehead atoms. The van der Waals surface area contributed by atoms with Crippen LogP contribution in [0.1, 0.15) is 17.2 Å². The number of aliphatic hydroxyl groups is 1. The van der Waals surface area contributed by atoms with Gasteiger partial charge in [-0.2, -0.15) is 0 Å². The van der Waals surface area contributed by atoms with E-state index in [0.29, 0.717) is 0 Å². The lowest BCUT2D eigenvalue weighted by atomic mass is 10.1. The fourth-order valence-electron chi connectivity index (χ4n) is 2.34. The summed E-state index contributed by atoms with van der Waals surface area (Å²) < 4.78 is 0.893. The van der Waals surface area contributed by atoms with Crippen LogP contribution in [0.3, 0.4) is 0 Å². The van der Waals surface area contributed by atoms with Crippen LogP contribution in [0.4, 0.5) is 11.4 Å². The van der Waals surface area contributed by atoms with E-state index in [2.05, 4.69) is 26.6 Å². The number of amides is 1. The fourth-order valence-corrected chi connectivity index (χ4v) is 2.93. The van der Waals surface area contributed by atoms with Gasteiger partial charge in [-0.15, -0.1) is 0 Å². The largest absolute Gasteiger partial charge is 0.392 e. The maximum absolute atomic E-state index is 12.1. The molecule has 0 saturated carbocycles. The lowest BCUT2D eigenvalue weighted by Gasteiger charge is -2.14. The van der Waals surface area contributed by atoms with E-state index in [-0.39, 0.29) is 12.5 Å². The van der Waals surface area contributed by atoms with Crippen molar-refractivity contribution in [3.63, 3.8) is 0 Å². The highest BCUT2D eigenvalue weighted by atomic mass is 79.9. The van der Waals surface area contributed by atoms with Crippen LogP contribution in [0, 0.1) is 0 Å². The molecule has 1 aliphatic rings. The SMILES string of the molecule is O=C1Nc2cccc(Br)c2C1Nc1cccc(CO)c1. The molecule has 20 heavy (non-hydrogen) atoms. The Morgan fingerprint density at radius 2 is 2.05 bits per heavy atom. The first-order chi connectivity index (χ1) is 9.69. The summed E-state index contributed by atoms with van der Waals surface area (Å²) in [5, 5.41) is 15.2. The zero-order valence-corrected chi connectivity index (χ0v) is 12.1. The predicted octanol–water partition coefficient (Wildman–Crippen LogP) is 3.05. The standard InChI is InChI=1S/C15H13BrN2O2/c16-11-5-2-6-12-13(11)14(15(20)18-12)17-10-4-1-3-9(7-10)8-19/h1-7,14,17,19H,8H2,(H,18,20). The molecule has 1 unspecified atom stereocenters. The highest BCUT2D eigenvalue weighted by Gasteiger charge is 2.32. The molecule has 4 nitrogen and oxygen atoms in total. The number of rotatable bonds is 3. The van der Waals surface area contributed by atoms with Crippen molar-refractivity contribution in [2.24, 2.45) is 0 Å². The molecule has 2 aromatic rings. The summed E-state index contributed by atoms with van der Waals surface area (Å²) in [6.07, 6.45) is 0. The molecule has 0 fully saturated rings. The van der Waals surface area contributed by atoms with Gasteiger partial charge in [-0.3, -0.25) is 4.79 Å². The van der Waals surface area contributed by atoms with Gasteiger partial charge in [0.2, 0.25) is 0 Å². The highest BCUT2D eigenvalue weighted by Crippen LogP contribution is 2.38. The Balaban J connectivity index is 1.94. The molecule has 1 amide bonds. The van der Waals surface area contributed by atoms with Crippen LogP contribution in [0.25, 0.3) is 0 Å². The Hall–Kier alpha value is -1.85. The minimum absolute atomic E-state index is 0.0212. The van der Waals surface area contributed by atoms with Crippen LogP contribution in [-0.4, -0.2) is 11.0 Å². The second-order valence-corrected chi connectivity index (χ2v) is 5.48. The van der Waals surface area contributed by atoms with Gasteiger partial charge in [-0.05, 0) is 29.8 Å². The zero-order chi connectivity index (χ0) is 14.1. The molecule has 0 radical (unpaired) electrons. The van der Waals surface area contributed by atoms with Crippen LogP contribution in [0.2, 0.25) is 0 Å². The first-order valence-electron chi connectivity index (χ1n) is 6.24. The van der Waals surface area contributed by atoms with E-state index in [1.807, 2.05) is 42.5 Å². The maximum atomic E-state index is 12.1. The molecule has 0 spiro atoms. The second kappa shape index (κ2) is 5.26. The van der Waals surface area contributed by atoms with Gasteiger partial charge < -0.3 is 15.7 Å². The Bertz CT molecular complexity index is 673. The average molecular weight is 333 g/mol. The molecule has 3 N–H and O–H groups in total. The van der Waals surface area contributed by atoms with E-state index in [4.69, 9.17) is 5.11 Å². The molecule has 1 heterocycles. The molecule has 0 aliphatic carbocycles. The summed E-state index contributed by atoms with van der Waals surface area (Å²) in [5.74, 6) is -0.0821. The van der Waals surface area contributed by atoms with Gasteiger partial charge in [-0.25, -0.2) is 0 Å². The number of carbonyl (C=O) groups is 1. The molecular formula is C15H13BrN2O2. The minimum atomic E-state index is -0.436. The van der Waals surface area contributed by atoms with Crippen LogP contribution in [0.5, 0.6) is 0 Å². The number of nitrogens with one attached hydrogen (secondary N) is 2. The lowest BCUT2D eigenvalue weighted by Crippen LogP contribution is -2.19. The Morgan fingerprint density at radius 3 is 2.85 bits per heavy atom. The molecule has 0 saturated heterocycles. The number of halogens is 1. The van der Waals surface area contributed by atoms with E-state index >= 15 is 0 Å². The van der Waals surface area contributed by atoms with Crippen LogP contribution >= 0.6 is 15.9 Å². The molecule has 1 atom stereocenters. The van der Waals surface area contributed by atoms with Crippen LogP contribution < -0.4 is 10.6 Å². The normalized spacial score (nSPS) is 16.7. The second-order valence-electron chi connectivity index (χ2n) is 4.63. The fraction of sp³-hybridized carbons (Fsp3) is 0.133. The van der Waals surface area contributed by atoms with Crippen molar-refractivity contribution in [1.29, 1.82) is 0 Å². The van der Waals surface area contributed by atoms with Crippen LogP contribution in [0.15, 0.2) is 46.9 Å². The Kier molecular flexibility index (Phi) is 3.46. The van der Waals surface area contributed by atoms with Crippen molar-refractivity contribution in [3.05, 3.63) is 58.1 Å². The van der Waals surface area contributed by atoms with E-state index in [0.717, 1.165) is 27.0 Å². The van der Waals surface area contributed by atoms with Crippen molar-refractivity contribution < 1.29 is 9.90 Å². The number of carbonyl (C=O) groups excluding carboxylic acids is 1. The van der Waals surface area contributed by atoms with E-state index in [9.17, 15) is 4.79 Å². The van der Waals surface area contributed by atoms with E-state index in [1.54, 1.807) is 0 Å². The first kappa shape index (κ1) is 13.1. The predicted molar refractivity (Wildman–Crippen MR) is 81.5 cm³/mol. The number of benzene rings is 2. The van der Waals surface area contributed by atoms with Gasteiger partial charge in [0.25, 0.3) is 5.91 Å². The third-order valence-corrected chi connectivity index (χ3v) is 3.97. The van der Waals surface area contributed by atoms with Gasteiger partial charge in [0, 0.05) is 21.4 Å². The summed E-state index contributed by atoms with van der Waals surface area (Å²) in [4.78, 5) is 12.1. The van der Waals surface area contributed by atoms with Crippen molar-refractivity contribution in [3.8, 4) is 0 Å². The van der Waals surface area contributed by atoms with Gasteiger partial charge >= 0.3 is 0 Å². The van der Waals surface area contributed by atoms with Gasteiger partial charge in [0.05, 0.1) is 6.61 Å². The summed E-state index contributed by atoms with van der Waals surface area (Å²) >= 11 is 3.48. The molecule has 3 rings (SSSR count). The molecular weight excluding hydrogens is 320 g/mol. The van der Waals surface area contributed by atoms with Crippen molar-refractivity contribution >= 4 is 33.2 Å². The molecule has 5 heteroatoms. The van der Waals surface area contributed by atoms with Gasteiger partial charge in [0.1, 0.15) is 6.04 Å². The summed E-state index contributed by atoms with van der Waals surface area (Å²) in [5.41, 5.74) is 3.34. The third-order valence-electron chi connectivity index (χ3n) is 3.28. The summed E-state index contributed by atoms with van der Waals surface area (Å²) in [6.45, 7) is -0.0212. The van der Waals surface area contributed by atoms with E-state index in [1.165, 1.54) is 0 Å². The van der Waals surface area contributed by atoms with Gasteiger partial charge in [-0.1, -0.05) is 34.1 Å². The van der Waals surface area contributed by atoms with Crippen molar-refractivity contribution in [2.45, 2.75) is 12.6 Å².